The van der Waals surface area contributed by atoms with E-state index in [9.17, 15) is 4.79 Å². The Morgan fingerprint density at radius 2 is 1.55 bits per heavy atom. The molecule has 7 nitrogen and oxygen atoms in total. The van der Waals surface area contributed by atoms with Crippen molar-refractivity contribution < 1.29 is 14.3 Å². The monoisotopic (exact) mass is 414 g/mol. The maximum Gasteiger partial charge on any atom is 0.274 e. The van der Waals surface area contributed by atoms with Gasteiger partial charge in [0, 0.05) is 5.56 Å². The highest BCUT2D eigenvalue weighted by molar-refractivity contribution is 5.98. The average Bonchev–Trinajstić information content (AvgIpc) is 3.28. The lowest BCUT2D eigenvalue weighted by Gasteiger charge is -2.10. The molecule has 0 saturated carbocycles. The molecule has 1 heterocycles. The van der Waals surface area contributed by atoms with Gasteiger partial charge in [0.15, 0.2) is 5.69 Å². The minimum atomic E-state index is -0.306. The predicted octanol–water partition coefficient (Wildman–Crippen LogP) is 3.75. The van der Waals surface area contributed by atoms with Gasteiger partial charge >= 0.3 is 0 Å². The van der Waals surface area contributed by atoms with Crippen LogP contribution in [0.5, 0.6) is 11.5 Å². The summed E-state index contributed by atoms with van der Waals surface area (Å²) in [5.74, 6) is 1.16. The normalized spacial score (nSPS) is 10.5. The van der Waals surface area contributed by atoms with Crippen molar-refractivity contribution in [1.29, 1.82) is 0 Å². The molecule has 3 aromatic carbocycles. The number of ether oxygens (including phenoxy) is 2. The third kappa shape index (κ3) is 4.72. The third-order valence-electron chi connectivity index (χ3n) is 4.65. The predicted molar refractivity (Wildman–Crippen MR) is 118 cm³/mol. The molecule has 1 aromatic heterocycles. The largest absolute Gasteiger partial charge is 0.497 e. The number of nitrogens with zero attached hydrogens (tertiary/aromatic N) is 3. The summed E-state index contributed by atoms with van der Waals surface area (Å²) in [7, 11) is 1.61. The van der Waals surface area contributed by atoms with Crippen LogP contribution in [0.4, 0.5) is 0 Å². The van der Waals surface area contributed by atoms with Crippen LogP contribution in [0.15, 0.2) is 84.9 Å². The molecule has 1 N–H and O–H groups in total. The van der Waals surface area contributed by atoms with E-state index in [0.717, 1.165) is 17.0 Å². The fraction of sp³-hybridized carbons (Fsp3) is 0.125. The number of amides is 1. The molecule has 4 aromatic rings. The minimum Gasteiger partial charge on any atom is -0.497 e. The van der Waals surface area contributed by atoms with Crippen LogP contribution in [0.1, 0.15) is 10.5 Å². The molecule has 7 heteroatoms. The Kier molecular flexibility index (Phi) is 6.23. The Labute approximate surface area is 180 Å². The summed E-state index contributed by atoms with van der Waals surface area (Å²) in [6.45, 7) is 0.656. The Hall–Kier alpha value is -4.13. The zero-order valence-corrected chi connectivity index (χ0v) is 17.1. The van der Waals surface area contributed by atoms with E-state index in [1.54, 1.807) is 11.8 Å². The van der Waals surface area contributed by atoms with Gasteiger partial charge < -0.3 is 14.8 Å². The van der Waals surface area contributed by atoms with Gasteiger partial charge in [0.05, 0.1) is 19.3 Å². The van der Waals surface area contributed by atoms with E-state index < -0.39 is 0 Å². The van der Waals surface area contributed by atoms with Crippen LogP contribution in [-0.2, 0) is 0 Å². The Balaban J connectivity index is 1.48. The van der Waals surface area contributed by atoms with Crippen molar-refractivity contribution in [2.75, 3.05) is 20.3 Å². The summed E-state index contributed by atoms with van der Waals surface area (Å²) in [5, 5.41) is 11.3. The average molecular weight is 414 g/mol. The third-order valence-corrected chi connectivity index (χ3v) is 4.65. The maximum absolute atomic E-state index is 12.9. The number of carbonyl (C=O) groups is 1. The van der Waals surface area contributed by atoms with E-state index in [4.69, 9.17) is 9.47 Å². The molecule has 0 aliphatic rings. The first-order chi connectivity index (χ1) is 15.3. The van der Waals surface area contributed by atoms with E-state index >= 15 is 0 Å². The lowest BCUT2D eigenvalue weighted by Crippen LogP contribution is -2.29. The van der Waals surface area contributed by atoms with Gasteiger partial charge in [0.1, 0.15) is 23.8 Å². The van der Waals surface area contributed by atoms with Crippen molar-refractivity contribution in [3.8, 4) is 28.4 Å². The summed E-state index contributed by atoms with van der Waals surface area (Å²) in [5.41, 5.74) is 2.59. The van der Waals surface area contributed by atoms with Crippen LogP contribution in [-0.4, -0.2) is 41.2 Å². The summed E-state index contributed by atoms with van der Waals surface area (Å²) in [6, 6.07) is 26.5. The standard InChI is InChI=1S/C24H22N4O3/c1-30-20-12-14-21(15-13-20)31-17-16-25-24(29)22-23(18-8-4-2-5-9-18)28(27-26-22)19-10-6-3-7-11-19/h2-15H,16-17H2,1H3,(H,25,29). The zero-order chi connectivity index (χ0) is 21.5. The van der Waals surface area contributed by atoms with Gasteiger partial charge in [-0.3, -0.25) is 4.79 Å². The molecule has 0 atom stereocenters. The van der Waals surface area contributed by atoms with Crippen LogP contribution in [0.3, 0.4) is 0 Å². The van der Waals surface area contributed by atoms with E-state index in [1.165, 1.54) is 0 Å². The van der Waals surface area contributed by atoms with Crippen LogP contribution in [0, 0.1) is 0 Å². The topological polar surface area (TPSA) is 78.3 Å². The summed E-state index contributed by atoms with van der Waals surface area (Å²) in [6.07, 6.45) is 0. The second-order valence-electron chi connectivity index (χ2n) is 6.68. The van der Waals surface area contributed by atoms with Gasteiger partial charge in [-0.05, 0) is 36.4 Å². The number of para-hydroxylation sites is 1. The SMILES string of the molecule is COc1ccc(OCCNC(=O)c2nnn(-c3ccccc3)c2-c2ccccc2)cc1. The molecule has 0 aliphatic carbocycles. The van der Waals surface area contributed by atoms with Crippen molar-refractivity contribution in [3.05, 3.63) is 90.6 Å². The molecule has 0 aliphatic heterocycles. The van der Waals surface area contributed by atoms with Crippen molar-refractivity contribution in [3.63, 3.8) is 0 Å². The second kappa shape index (κ2) is 9.58. The van der Waals surface area contributed by atoms with Crippen LogP contribution >= 0.6 is 0 Å². The smallest absolute Gasteiger partial charge is 0.274 e. The van der Waals surface area contributed by atoms with Gasteiger partial charge in [0.25, 0.3) is 5.91 Å². The molecule has 156 valence electrons. The quantitative estimate of drug-likeness (QED) is 0.444. The summed E-state index contributed by atoms with van der Waals surface area (Å²) in [4.78, 5) is 12.9. The summed E-state index contributed by atoms with van der Waals surface area (Å²) >= 11 is 0. The van der Waals surface area contributed by atoms with E-state index in [0.29, 0.717) is 24.6 Å². The molecule has 31 heavy (non-hydrogen) atoms. The molecule has 0 radical (unpaired) electrons. The van der Waals surface area contributed by atoms with Gasteiger partial charge in [0.2, 0.25) is 0 Å². The Morgan fingerprint density at radius 3 is 2.23 bits per heavy atom. The number of nitrogens with one attached hydrogen (secondary N) is 1. The molecule has 0 fully saturated rings. The second-order valence-corrected chi connectivity index (χ2v) is 6.68. The molecular formula is C24H22N4O3. The fourth-order valence-electron chi connectivity index (χ4n) is 3.13. The van der Waals surface area contributed by atoms with Crippen molar-refractivity contribution >= 4 is 5.91 Å². The number of hydrogen-bond donors (Lipinski definition) is 1. The van der Waals surface area contributed by atoms with E-state index in [1.807, 2.05) is 84.9 Å². The van der Waals surface area contributed by atoms with Crippen molar-refractivity contribution in [2.45, 2.75) is 0 Å². The zero-order valence-electron chi connectivity index (χ0n) is 17.1. The maximum atomic E-state index is 12.9. The number of carbonyl (C=O) groups excluding carboxylic acids is 1. The lowest BCUT2D eigenvalue weighted by atomic mass is 10.1. The number of hydrogen-bond acceptors (Lipinski definition) is 5. The minimum absolute atomic E-state index is 0.263. The van der Waals surface area contributed by atoms with E-state index in [2.05, 4.69) is 15.6 Å². The highest BCUT2D eigenvalue weighted by atomic mass is 16.5. The van der Waals surface area contributed by atoms with Gasteiger partial charge in [-0.2, -0.15) is 0 Å². The molecule has 0 spiro atoms. The highest BCUT2D eigenvalue weighted by Crippen LogP contribution is 2.25. The van der Waals surface area contributed by atoms with Gasteiger partial charge in [-0.15, -0.1) is 5.10 Å². The summed E-state index contributed by atoms with van der Waals surface area (Å²) < 4.78 is 12.5. The molecule has 4 rings (SSSR count). The first-order valence-corrected chi connectivity index (χ1v) is 9.88. The van der Waals surface area contributed by atoms with E-state index in [-0.39, 0.29) is 11.6 Å². The molecule has 0 bridgehead atoms. The molecular weight excluding hydrogens is 392 g/mol. The fourth-order valence-corrected chi connectivity index (χ4v) is 3.13. The number of rotatable bonds is 8. The number of benzene rings is 3. The van der Waals surface area contributed by atoms with Crippen molar-refractivity contribution in [2.24, 2.45) is 0 Å². The Morgan fingerprint density at radius 1 is 0.903 bits per heavy atom. The first-order valence-electron chi connectivity index (χ1n) is 9.88. The first kappa shape index (κ1) is 20.2. The molecule has 1 amide bonds. The van der Waals surface area contributed by atoms with Gasteiger partial charge in [-0.25, -0.2) is 4.68 Å². The van der Waals surface area contributed by atoms with Crippen LogP contribution in [0.25, 0.3) is 16.9 Å². The van der Waals surface area contributed by atoms with Crippen LogP contribution in [0.2, 0.25) is 0 Å². The number of methoxy groups -OCH3 is 1. The Bertz CT molecular complexity index is 1130. The lowest BCUT2D eigenvalue weighted by molar-refractivity contribution is 0.0942. The number of aromatic nitrogens is 3. The molecule has 0 unspecified atom stereocenters. The van der Waals surface area contributed by atoms with Crippen molar-refractivity contribution in [1.82, 2.24) is 20.3 Å². The van der Waals surface area contributed by atoms with Gasteiger partial charge in [-0.1, -0.05) is 53.7 Å². The molecule has 0 saturated heterocycles. The van der Waals surface area contributed by atoms with Crippen LogP contribution < -0.4 is 14.8 Å². The highest BCUT2D eigenvalue weighted by Gasteiger charge is 2.21.